The molecule has 1 heterocycles. The summed E-state index contributed by atoms with van der Waals surface area (Å²) < 4.78 is 7.09. The van der Waals surface area contributed by atoms with Crippen LogP contribution in [0.4, 0.5) is 0 Å². The molecule has 106 valence electrons. The molecule has 20 heavy (non-hydrogen) atoms. The van der Waals surface area contributed by atoms with Gasteiger partial charge in [-0.05, 0) is 26.3 Å². The first-order valence-electron chi connectivity index (χ1n) is 6.76. The second kappa shape index (κ2) is 6.32. The molecule has 0 bridgehead atoms. The third-order valence-electron chi connectivity index (χ3n) is 3.07. The number of hydrogen-bond acceptors (Lipinski definition) is 4. The number of ether oxygens (including phenoxy) is 1. The van der Waals surface area contributed by atoms with Gasteiger partial charge in [-0.15, -0.1) is 10.2 Å². The molecular weight excluding hydrogens is 254 g/mol. The summed E-state index contributed by atoms with van der Waals surface area (Å²) in [6.07, 6.45) is 1.65. The number of nitrogens with zero attached hydrogens (tertiary/aromatic N) is 3. The molecule has 5 nitrogen and oxygen atoms in total. The van der Waals surface area contributed by atoms with Crippen molar-refractivity contribution in [2.45, 2.75) is 32.7 Å². The highest BCUT2D eigenvalue weighted by Gasteiger charge is 2.29. The molecule has 5 heteroatoms. The fourth-order valence-corrected chi connectivity index (χ4v) is 2.12. The van der Waals surface area contributed by atoms with E-state index in [-0.39, 0.29) is 12.0 Å². The second-order valence-corrected chi connectivity index (χ2v) is 4.79. The fourth-order valence-electron chi connectivity index (χ4n) is 2.12. The number of rotatable bonds is 5. The normalized spacial score (nSPS) is 12.4. The smallest absolute Gasteiger partial charge is 0.321 e. The first kappa shape index (κ1) is 14.2. The molecule has 1 unspecified atom stereocenters. The van der Waals surface area contributed by atoms with Crippen LogP contribution in [0.2, 0.25) is 0 Å². The molecule has 0 spiro atoms. The van der Waals surface area contributed by atoms with Crippen LogP contribution >= 0.6 is 0 Å². The number of carbonyl (C=O) groups is 1. The van der Waals surface area contributed by atoms with Crippen molar-refractivity contribution in [3.05, 3.63) is 48.0 Å². The van der Waals surface area contributed by atoms with Gasteiger partial charge in [0.05, 0.1) is 6.61 Å². The Kier molecular flexibility index (Phi) is 4.50. The molecule has 0 fully saturated rings. The van der Waals surface area contributed by atoms with E-state index in [1.54, 1.807) is 13.3 Å². The van der Waals surface area contributed by atoms with E-state index in [9.17, 15) is 4.79 Å². The minimum absolute atomic E-state index is 0.181. The van der Waals surface area contributed by atoms with Crippen molar-refractivity contribution in [2.75, 3.05) is 6.61 Å². The van der Waals surface area contributed by atoms with Crippen LogP contribution in [0.5, 0.6) is 0 Å². The van der Waals surface area contributed by atoms with E-state index in [1.165, 1.54) is 0 Å². The van der Waals surface area contributed by atoms with Gasteiger partial charge in [0.15, 0.2) is 5.82 Å². The molecule has 1 aromatic carbocycles. The van der Waals surface area contributed by atoms with Gasteiger partial charge >= 0.3 is 5.97 Å². The zero-order chi connectivity index (χ0) is 14.5. The van der Waals surface area contributed by atoms with Gasteiger partial charge in [0.1, 0.15) is 12.2 Å². The molecule has 0 saturated heterocycles. The summed E-state index contributed by atoms with van der Waals surface area (Å²) >= 11 is 0. The number of aromatic nitrogens is 3. The molecule has 0 radical (unpaired) electrons. The van der Waals surface area contributed by atoms with Gasteiger partial charge in [0.2, 0.25) is 0 Å². The Hall–Kier alpha value is -2.17. The van der Waals surface area contributed by atoms with E-state index < -0.39 is 5.92 Å². The van der Waals surface area contributed by atoms with Crippen LogP contribution in [0.1, 0.15) is 44.1 Å². The lowest BCUT2D eigenvalue weighted by Gasteiger charge is -2.18. The Balaban J connectivity index is 2.46. The van der Waals surface area contributed by atoms with Crippen LogP contribution in [0.15, 0.2) is 36.7 Å². The first-order chi connectivity index (χ1) is 9.65. The molecule has 0 aliphatic carbocycles. The molecular formula is C15H19N3O2. The van der Waals surface area contributed by atoms with E-state index in [2.05, 4.69) is 10.2 Å². The van der Waals surface area contributed by atoms with Gasteiger partial charge in [-0.25, -0.2) is 0 Å². The monoisotopic (exact) mass is 273 g/mol. The van der Waals surface area contributed by atoms with E-state index in [0.29, 0.717) is 12.4 Å². The maximum absolute atomic E-state index is 12.3. The van der Waals surface area contributed by atoms with Crippen molar-refractivity contribution in [3.8, 4) is 0 Å². The number of carbonyl (C=O) groups excluding carboxylic acids is 1. The Labute approximate surface area is 118 Å². The van der Waals surface area contributed by atoms with Gasteiger partial charge in [0.25, 0.3) is 0 Å². The van der Waals surface area contributed by atoms with Gasteiger partial charge in [0, 0.05) is 6.04 Å². The molecule has 1 aromatic heterocycles. The third-order valence-corrected chi connectivity index (χ3v) is 3.07. The van der Waals surface area contributed by atoms with Crippen molar-refractivity contribution in [1.29, 1.82) is 0 Å². The highest BCUT2D eigenvalue weighted by atomic mass is 16.5. The summed E-state index contributed by atoms with van der Waals surface area (Å²) in [7, 11) is 0. The molecule has 0 aliphatic heterocycles. The quantitative estimate of drug-likeness (QED) is 0.786. The first-order valence-corrected chi connectivity index (χ1v) is 6.76. The van der Waals surface area contributed by atoms with Gasteiger partial charge in [-0.2, -0.15) is 0 Å². The summed E-state index contributed by atoms with van der Waals surface area (Å²) in [6, 6.07) is 9.70. The van der Waals surface area contributed by atoms with Crippen LogP contribution < -0.4 is 0 Å². The summed E-state index contributed by atoms with van der Waals surface area (Å²) in [5.74, 6) is -0.223. The second-order valence-electron chi connectivity index (χ2n) is 4.79. The summed E-state index contributed by atoms with van der Waals surface area (Å²) in [5, 5.41) is 8.07. The van der Waals surface area contributed by atoms with Crippen LogP contribution in [-0.4, -0.2) is 27.3 Å². The highest BCUT2D eigenvalue weighted by Crippen LogP contribution is 2.26. The maximum Gasteiger partial charge on any atom is 0.321 e. The zero-order valence-electron chi connectivity index (χ0n) is 12.0. The van der Waals surface area contributed by atoms with Crippen molar-refractivity contribution >= 4 is 5.97 Å². The van der Waals surface area contributed by atoms with Crippen molar-refractivity contribution in [2.24, 2.45) is 0 Å². The summed E-state index contributed by atoms with van der Waals surface area (Å²) in [4.78, 5) is 12.3. The molecule has 0 aliphatic rings. The van der Waals surface area contributed by atoms with Gasteiger partial charge in [-0.1, -0.05) is 30.3 Å². The lowest BCUT2D eigenvalue weighted by atomic mass is 9.98. The summed E-state index contributed by atoms with van der Waals surface area (Å²) in [5.41, 5.74) is 0.862. The lowest BCUT2D eigenvalue weighted by Crippen LogP contribution is -2.22. The minimum atomic E-state index is -0.541. The Morgan fingerprint density at radius 3 is 2.60 bits per heavy atom. The summed E-state index contributed by atoms with van der Waals surface area (Å²) in [6.45, 7) is 6.20. The van der Waals surface area contributed by atoms with Gasteiger partial charge in [-0.3, -0.25) is 4.79 Å². The average molecular weight is 273 g/mol. The van der Waals surface area contributed by atoms with E-state index in [0.717, 1.165) is 5.56 Å². The zero-order valence-corrected chi connectivity index (χ0v) is 12.0. The standard InChI is InChI=1S/C15H19N3O2/c1-4-20-15(19)13(12-8-6-5-7-9-12)14-17-16-10-18(14)11(2)3/h5-11,13H,4H2,1-3H3. The number of hydrogen-bond donors (Lipinski definition) is 0. The van der Waals surface area contributed by atoms with E-state index in [4.69, 9.17) is 4.74 Å². The lowest BCUT2D eigenvalue weighted by molar-refractivity contribution is -0.144. The maximum atomic E-state index is 12.3. The average Bonchev–Trinajstić information content (AvgIpc) is 2.90. The largest absolute Gasteiger partial charge is 0.465 e. The molecule has 0 saturated carbocycles. The van der Waals surface area contributed by atoms with Crippen molar-refractivity contribution in [1.82, 2.24) is 14.8 Å². The highest BCUT2D eigenvalue weighted by molar-refractivity contribution is 5.81. The molecule has 0 N–H and O–H groups in total. The van der Waals surface area contributed by atoms with Crippen LogP contribution in [-0.2, 0) is 9.53 Å². The van der Waals surface area contributed by atoms with Gasteiger partial charge < -0.3 is 9.30 Å². The van der Waals surface area contributed by atoms with Crippen molar-refractivity contribution < 1.29 is 9.53 Å². The van der Waals surface area contributed by atoms with E-state index in [1.807, 2.05) is 48.7 Å². The Bertz CT molecular complexity index is 564. The predicted octanol–water partition coefficient (Wildman–Crippen LogP) is 2.55. The fraction of sp³-hybridized carbons (Fsp3) is 0.400. The predicted molar refractivity (Wildman–Crippen MR) is 75.3 cm³/mol. The topological polar surface area (TPSA) is 57.0 Å². The number of benzene rings is 1. The molecule has 1 atom stereocenters. The molecule has 2 rings (SSSR count). The van der Waals surface area contributed by atoms with Crippen LogP contribution in [0.3, 0.4) is 0 Å². The Morgan fingerprint density at radius 1 is 1.30 bits per heavy atom. The molecule has 0 amide bonds. The van der Waals surface area contributed by atoms with Crippen LogP contribution in [0.25, 0.3) is 0 Å². The number of esters is 1. The van der Waals surface area contributed by atoms with Crippen LogP contribution in [0, 0.1) is 0 Å². The Morgan fingerprint density at radius 2 is 2.00 bits per heavy atom. The minimum Gasteiger partial charge on any atom is -0.465 e. The SMILES string of the molecule is CCOC(=O)C(c1ccccc1)c1nncn1C(C)C. The van der Waals surface area contributed by atoms with E-state index >= 15 is 0 Å². The molecule has 2 aromatic rings. The van der Waals surface area contributed by atoms with Crippen molar-refractivity contribution in [3.63, 3.8) is 0 Å². The third kappa shape index (κ3) is 2.87.